The molecule has 5 nitrogen and oxygen atoms in total. The number of carboxylic acid groups (broad SMARTS) is 1. The normalized spacial score (nSPS) is 49.2. The SMILES string of the molecule is CC(CCC(=O)O)C1CCC2C3C(=O)CC4C(Br)C(O)CCC4(C)C3CC(=O)C12C. The van der Waals surface area contributed by atoms with E-state index in [-0.39, 0.29) is 63.7 Å². The van der Waals surface area contributed by atoms with Gasteiger partial charge in [-0.15, -0.1) is 0 Å². The molecule has 6 heteroatoms. The zero-order chi connectivity index (χ0) is 22.0. The average Bonchev–Trinajstić information content (AvgIpc) is 3.04. The van der Waals surface area contributed by atoms with E-state index in [9.17, 15) is 19.5 Å². The lowest BCUT2D eigenvalue weighted by atomic mass is 9.43. The van der Waals surface area contributed by atoms with E-state index in [0.29, 0.717) is 25.7 Å². The zero-order valence-corrected chi connectivity index (χ0v) is 19.9. The van der Waals surface area contributed by atoms with Crippen LogP contribution in [0, 0.1) is 46.3 Å². The van der Waals surface area contributed by atoms with Crippen LogP contribution in [0.25, 0.3) is 0 Å². The molecule has 0 aromatic carbocycles. The van der Waals surface area contributed by atoms with Crippen molar-refractivity contribution < 1.29 is 24.6 Å². The van der Waals surface area contributed by atoms with Crippen LogP contribution < -0.4 is 0 Å². The Morgan fingerprint density at radius 1 is 1.13 bits per heavy atom. The molecule has 4 aliphatic rings. The lowest BCUT2D eigenvalue weighted by Gasteiger charge is -2.60. The molecule has 0 aliphatic heterocycles. The number of carbonyl (C=O) groups is 3. The van der Waals surface area contributed by atoms with Crippen LogP contribution in [0.2, 0.25) is 0 Å². The summed E-state index contributed by atoms with van der Waals surface area (Å²) in [5.74, 6) is 0.248. The molecule has 0 radical (unpaired) electrons. The molecule has 0 amide bonds. The van der Waals surface area contributed by atoms with Crippen LogP contribution in [0.3, 0.4) is 0 Å². The standard InChI is InChI=1S/C24H35BrO5/c1-12(4-7-20(29)30)13-5-6-14-21-15(11-19(28)24(13,14)3)23(2)9-8-17(26)22(25)16(23)10-18(21)27/h12-17,21-22,26H,4-11H2,1-3H3,(H,29,30). The maximum atomic E-state index is 13.7. The second-order valence-electron chi connectivity index (χ2n) is 11.1. The van der Waals surface area contributed by atoms with Gasteiger partial charge in [0.25, 0.3) is 0 Å². The Labute approximate surface area is 187 Å². The van der Waals surface area contributed by atoms with Crippen LogP contribution in [-0.2, 0) is 14.4 Å². The fourth-order valence-corrected chi connectivity index (χ4v) is 9.20. The average molecular weight is 483 g/mol. The highest BCUT2D eigenvalue weighted by Gasteiger charge is 2.66. The highest BCUT2D eigenvalue weighted by molar-refractivity contribution is 9.09. The van der Waals surface area contributed by atoms with E-state index in [4.69, 9.17) is 5.11 Å². The number of hydrogen-bond acceptors (Lipinski definition) is 4. The molecule has 0 spiro atoms. The number of alkyl halides is 1. The van der Waals surface area contributed by atoms with Crippen molar-refractivity contribution in [2.75, 3.05) is 0 Å². The van der Waals surface area contributed by atoms with Crippen molar-refractivity contribution in [1.29, 1.82) is 0 Å². The Morgan fingerprint density at radius 3 is 2.50 bits per heavy atom. The van der Waals surface area contributed by atoms with Crippen LogP contribution in [-0.4, -0.2) is 38.7 Å². The quantitative estimate of drug-likeness (QED) is 0.584. The van der Waals surface area contributed by atoms with Gasteiger partial charge in [0.1, 0.15) is 11.6 Å². The molecule has 4 rings (SSSR count). The minimum atomic E-state index is -0.790. The first-order valence-corrected chi connectivity index (χ1v) is 12.5. The first kappa shape index (κ1) is 22.4. The Bertz CT molecular complexity index is 752. The summed E-state index contributed by atoms with van der Waals surface area (Å²) in [6.45, 7) is 6.41. The molecule has 0 aromatic heterocycles. The first-order valence-electron chi connectivity index (χ1n) is 11.6. The predicted molar refractivity (Wildman–Crippen MR) is 116 cm³/mol. The number of ketones is 2. The minimum Gasteiger partial charge on any atom is -0.481 e. The number of aliphatic carboxylic acids is 1. The fourth-order valence-electron chi connectivity index (χ4n) is 8.14. The highest BCUT2D eigenvalue weighted by Crippen LogP contribution is 2.67. The Balaban J connectivity index is 1.64. The monoisotopic (exact) mass is 482 g/mol. The van der Waals surface area contributed by atoms with E-state index in [0.717, 1.165) is 19.3 Å². The molecule has 0 bridgehead atoms. The van der Waals surface area contributed by atoms with Crippen molar-refractivity contribution in [1.82, 2.24) is 0 Å². The number of carboxylic acids is 1. The molecular formula is C24H35BrO5. The van der Waals surface area contributed by atoms with Crippen LogP contribution in [0.15, 0.2) is 0 Å². The molecule has 0 heterocycles. The molecule has 168 valence electrons. The van der Waals surface area contributed by atoms with Crippen LogP contribution >= 0.6 is 15.9 Å². The van der Waals surface area contributed by atoms with Crippen molar-refractivity contribution in [3.8, 4) is 0 Å². The Hall–Kier alpha value is -0.750. The van der Waals surface area contributed by atoms with E-state index in [1.807, 2.05) is 0 Å². The topological polar surface area (TPSA) is 91.7 Å². The van der Waals surface area contributed by atoms with Crippen molar-refractivity contribution in [2.24, 2.45) is 46.3 Å². The summed E-state index contributed by atoms with van der Waals surface area (Å²) in [4.78, 5) is 38.1. The lowest BCUT2D eigenvalue weighted by molar-refractivity contribution is -0.167. The van der Waals surface area contributed by atoms with Crippen molar-refractivity contribution in [3.63, 3.8) is 0 Å². The summed E-state index contributed by atoms with van der Waals surface area (Å²) >= 11 is 3.68. The zero-order valence-electron chi connectivity index (χ0n) is 18.3. The van der Waals surface area contributed by atoms with E-state index in [1.54, 1.807) is 0 Å². The predicted octanol–water partition coefficient (Wildman–Crippen LogP) is 4.24. The van der Waals surface area contributed by atoms with Crippen molar-refractivity contribution in [2.45, 2.75) is 83.1 Å². The summed E-state index contributed by atoms with van der Waals surface area (Å²) in [5.41, 5.74) is -0.615. The Kier molecular flexibility index (Phi) is 5.75. The maximum Gasteiger partial charge on any atom is 0.303 e. The van der Waals surface area contributed by atoms with Gasteiger partial charge in [-0.3, -0.25) is 14.4 Å². The largest absolute Gasteiger partial charge is 0.481 e. The van der Waals surface area contributed by atoms with E-state index in [2.05, 4.69) is 36.7 Å². The number of hydrogen-bond donors (Lipinski definition) is 2. The van der Waals surface area contributed by atoms with Crippen LogP contribution in [0.1, 0.15) is 72.1 Å². The summed E-state index contributed by atoms with van der Waals surface area (Å²) in [7, 11) is 0. The van der Waals surface area contributed by atoms with Gasteiger partial charge in [0, 0.05) is 35.4 Å². The van der Waals surface area contributed by atoms with Gasteiger partial charge >= 0.3 is 5.97 Å². The molecule has 4 saturated carbocycles. The van der Waals surface area contributed by atoms with Crippen molar-refractivity contribution >= 4 is 33.5 Å². The van der Waals surface area contributed by atoms with Gasteiger partial charge < -0.3 is 10.2 Å². The van der Waals surface area contributed by atoms with Gasteiger partial charge in [0.2, 0.25) is 0 Å². The number of Topliss-reactive ketones (excluding diaryl/α,β-unsaturated/α-hetero) is 2. The number of carbonyl (C=O) groups excluding carboxylic acids is 2. The first-order chi connectivity index (χ1) is 14.0. The number of fused-ring (bicyclic) bond motifs is 5. The molecular weight excluding hydrogens is 448 g/mol. The van der Waals surface area contributed by atoms with E-state index >= 15 is 0 Å². The third kappa shape index (κ3) is 3.15. The molecule has 30 heavy (non-hydrogen) atoms. The van der Waals surface area contributed by atoms with Crippen LogP contribution in [0.4, 0.5) is 0 Å². The highest BCUT2D eigenvalue weighted by atomic mass is 79.9. The molecule has 4 fully saturated rings. The molecule has 10 unspecified atom stereocenters. The van der Waals surface area contributed by atoms with E-state index < -0.39 is 17.5 Å². The smallest absolute Gasteiger partial charge is 0.303 e. The lowest BCUT2D eigenvalue weighted by Crippen LogP contribution is -2.62. The molecule has 0 saturated heterocycles. The second-order valence-corrected chi connectivity index (χ2v) is 12.1. The van der Waals surface area contributed by atoms with Gasteiger partial charge in [-0.1, -0.05) is 36.7 Å². The summed E-state index contributed by atoms with van der Waals surface area (Å²) in [6.07, 6.45) is 4.60. The van der Waals surface area contributed by atoms with E-state index in [1.165, 1.54) is 0 Å². The van der Waals surface area contributed by atoms with Gasteiger partial charge in [-0.2, -0.15) is 0 Å². The second kappa shape index (κ2) is 7.68. The molecule has 0 aromatic rings. The number of halogens is 1. The molecule has 2 N–H and O–H groups in total. The Morgan fingerprint density at radius 2 is 1.83 bits per heavy atom. The van der Waals surface area contributed by atoms with Gasteiger partial charge in [0.15, 0.2) is 0 Å². The summed E-state index contributed by atoms with van der Waals surface area (Å²) in [5, 5.41) is 19.5. The minimum absolute atomic E-state index is 0.0648. The van der Waals surface area contributed by atoms with Crippen molar-refractivity contribution in [3.05, 3.63) is 0 Å². The van der Waals surface area contributed by atoms with Crippen LogP contribution in [0.5, 0.6) is 0 Å². The summed E-state index contributed by atoms with van der Waals surface area (Å²) < 4.78 is 0. The molecule has 10 atom stereocenters. The number of aliphatic hydroxyl groups is 1. The third-order valence-electron chi connectivity index (χ3n) is 9.92. The van der Waals surface area contributed by atoms with Gasteiger partial charge in [0.05, 0.1) is 6.10 Å². The third-order valence-corrected chi connectivity index (χ3v) is 11.2. The van der Waals surface area contributed by atoms with Gasteiger partial charge in [-0.05, 0) is 67.1 Å². The van der Waals surface area contributed by atoms with Gasteiger partial charge in [-0.25, -0.2) is 0 Å². The number of rotatable bonds is 4. The summed E-state index contributed by atoms with van der Waals surface area (Å²) in [6, 6.07) is 0. The molecule has 4 aliphatic carbocycles. The fraction of sp³-hybridized carbons (Fsp3) is 0.875. The number of aliphatic hydroxyl groups excluding tert-OH is 1. The maximum absolute atomic E-state index is 13.7.